The average molecular weight is 459 g/mol. The monoisotopic (exact) mass is 458 g/mol. The third-order valence-corrected chi connectivity index (χ3v) is 6.06. The van der Waals surface area contributed by atoms with Gasteiger partial charge in [0.2, 0.25) is 11.0 Å². The van der Waals surface area contributed by atoms with Crippen molar-refractivity contribution >= 4 is 45.7 Å². The van der Waals surface area contributed by atoms with E-state index in [0.29, 0.717) is 27.9 Å². The summed E-state index contributed by atoms with van der Waals surface area (Å²) in [6, 6.07) is 12.3. The highest BCUT2D eigenvalue weighted by molar-refractivity contribution is 8.00. The molecule has 0 radical (unpaired) electrons. The summed E-state index contributed by atoms with van der Waals surface area (Å²) in [7, 11) is 3.06. The minimum Gasteiger partial charge on any atom is -0.493 e. The van der Waals surface area contributed by atoms with E-state index >= 15 is 0 Å². The molecule has 0 aliphatic heterocycles. The number of carbonyl (C=O) groups excluding carboxylic acids is 2. The highest BCUT2D eigenvalue weighted by atomic mass is 32.2. The van der Waals surface area contributed by atoms with Crippen LogP contribution >= 0.6 is 23.1 Å². The molecule has 1 heterocycles. The molecule has 0 aliphatic carbocycles. The number of methoxy groups -OCH3 is 2. The van der Waals surface area contributed by atoms with E-state index in [1.807, 2.05) is 26.0 Å². The summed E-state index contributed by atoms with van der Waals surface area (Å²) in [6.07, 6.45) is 0. The van der Waals surface area contributed by atoms with E-state index in [1.54, 1.807) is 37.4 Å². The van der Waals surface area contributed by atoms with Crippen LogP contribution in [0.2, 0.25) is 0 Å². The lowest BCUT2D eigenvalue weighted by atomic mass is 10.2. The van der Waals surface area contributed by atoms with Crippen molar-refractivity contribution in [3.8, 4) is 11.5 Å². The van der Waals surface area contributed by atoms with E-state index in [9.17, 15) is 9.59 Å². The molecule has 2 aromatic carbocycles. The van der Waals surface area contributed by atoms with Crippen molar-refractivity contribution in [2.45, 2.75) is 24.0 Å². The fourth-order valence-electron chi connectivity index (χ4n) is 2.61. The van der Waals surface area contributed by atoms with Crippen molar-refractivity contribution in [1.82, 2.24) is 10.2 Å². The van der Waals surface area contributed by atoms with E-state index in [-0.39, 0.29) is 17.1 Å². The Morgan fingerprint density at radius 2 is 1.71 bits per heavy atom. The smallest absolute Gasteiger partial charge is 0.255 e. The predicted octanol–water partition coefficient (Wildman–Crippen LogP) is 4.24. The van der Waals surface area contributed by atoms with Crippen LogP contribution in [-0.4, -0.2) is 41.5 Å². The van der Waals surface area contributed by atoms with Crippen LogP contribution in [0.25, 0.3) is 0 Å². The Hall–Kier alpha value is -3.11. The van der Waals surface area contributed by atoms with E-state index in [2.05, 4.69) is 20.8 Å². The van der Waals surface area contributed by atoms with Crippen LogP contribution in [-0.2, 0) is 4.79 Å². The predicted molar refractivity (Wildman–Crippen MR) is 123 cm³/mol. The lowest BCUT2D eigenvalue weighted by Crippen LogP contribution is -2.22. The lowest BCUT2D eigenvalue weighted by molar-refractivity contribution is -0.115. The molecular weight excluding hydrogens is 436 g/mol. The van der Waals surface area contributed by atoms with Crippen molar-refractivity contribution in [3.05, 3.63) is 53.0 Å². The Balaban J connectivity index is 1.58. The van der Waals surface area contributed by atoms with Crippen LogP contribution in [0.4, 0.5) is 10.8 Å². The molecule has 1 aromatic heterocycles. The number of nitrogens with one attached hydrogen (secondary N) is 2. The van der Waals surface area contributed by atoms with Gasteiger partial charge in [0, 0.05) is 16.1 Å². The molecule has 0 saturated carbocycles. The summed E-state index contributed by atoms with van der Waals surface area (Å²) in [5, 5.41) is 14.4. The number of benzene rings is 2. The van der Waals surface area contributed by atoms with Crippen LogP contribution in [0.15, 0.2) is 47.4 Å². The Morgan fingerprint density at radius 3 is 2.32 bits per heavy atom. The van der Waals surface area contributed by atoms with Crippen LogP contribution in [0.5, 0.6) is 11.5 Å². The first-order valence-electron chi connectivity index (χ1n) is 9.30. The number of hydrogen-bond acceptors (Lipinski definition) is 8. The number of carbonyl (C=O) groups is 2. The second kappa shape index (κ2) is 10.3. The first kappa shape index (κ1) is 22.6. The molecule has 10 heteroatoms. The number of ether oxygens (including phenoxy) is 2. The molecule has 162 valence electrons. The number of aryl methyl sites for hydroxylation is 1. The SMILES string of the molecule is COc1ccc(C(=O)Nc2ccc(SC(C)C(=O)Nc3nnc(C)s3)cc2)cc1OC. The first-order valence-corrected chi connectivity index (χ1v) is 11.0. The fourth-order valence-corrected chi connectivity index (χ4v) is 4.07. The summed E-state index contributed by atoms with van der Waals surface area (Å²) in [4.78, 5) is 25.8. The number of anilines is 2. The van der Waals surface area contributed by atoms with Gasteiger partial charge in [-0.15, -0.1) is 22.0 Å². The summed E-state index contributed by atoms with van der Waals surface area (Å²) < 4.78 is 10.4. The quantitative estimate of drug-likeness (QED) is 0.487. The normalized spacial score (nSPS) is 11.5. The summed E-state index contributed by atoms with van der Waals surface area (Å²) in [6.45, 7) is 3.65. The third-order valence-electron chi connectivity index (χ3n) is 4.20. The molecule has 2 N–H and O–H groups in total. The van der Waals surface area contributed by atoms with E-state index in [0.717, 1.165) is 9.90 Å². The van der Waals surface area contributed by atoms with Gasteiger partial charge in [-0.2, -0.15) is 0 Å². The van der Waals surface area contributed by atoms with E-state index in [1.165, 1.54) is 30.2 Å². The summed E-state index contributed by atoms with van der Waals surface area (Å²) in [5.41, 5.74) is 1.10. The zero-order chi connectivity index (χ0) is 22.4. The number of aromatic nitrogens is 2. The van der Waals surface area contributed by atoms with Crippen LogP contribution < -0.4 is 20.1 Å². The fraction of sp³-hybridized carbons (Fsp3) is 0.238. The average Bonchev–Trinajstić information content (AvgIpc) is 3.18. The zero-order valence-electron chi connectivity index (χ0n) is 17.5. The maximum Gasteiger partial charge on any atom is 0.255 e. The largest absolute Gasteiger partial charge is 0.493 e. The topological polar surface area (TPSA) is 102 Å². The molecule has 2 amide bonds. The maximum absolute atomic E-state index is 12.5. The Morgan fingerprint density at radius 1 is 1.00 bits per heavy atom. The molecule has 0 spiro atoms. The Bertz CT molecular complexity index is 1070. The van der Waals surface area contributed by atoms with Crippen LogP contribution in [0.1, 0.15) is 22.3 Å². The number of amides is 2. The van der Waals surface area contributed by atoms with Crippen molar-refractivity contribution in [3.63, 3.8) is 0 Å². The standard InChI is InChI=1S/C21H22N4O4S2/c1-12(19(26)23-21-25-24-13(2)31-21)30-16-8-6-15(7-9-16)22-20(27)14-5-10-17(28-3)18(11-14)29-4/h5-12H,1-4H3,(H,22,27)(H,23,25,26). The molecule has 0 fully saturated rings. The van der Waals surface area contributed by atoms with Gasteiger partial charge in [-0.25, -0.2) is 0 Å². The van der Waals surface area contributed by atoms with Gasteiger partial charge in [-0.1, -0.05) is 11.3 Å². The molecule has 31 heavy (non-hydrogen) atoms. The van der Waals surface area contributed by atoms with Crippen LogP contribution in [0.3, 0.4) is 0 Å². The van der Waals surface area contributed by atoms with Gasteiger partial charge in [0.15, 0.2) is 11.5 Å². The molecule has 1 atom stereocenters. The van der Waals surface area contributed by atoms with Gasteiger partial charge in [-0.3, -0.25) is 14.9 Å². The second-order valence-electron chi connectivity index (χ2n) is 6.42. The van der Waals surface area contributed by atoms with Crippen LogP contribution in [0, 0.1) is 6.92 Å². The molecule has 3 aromatic rings. The maximum atomic E-state index is 12.5. The minimum atomic E-state index is -0.323. The molecule has 0 aliphatic rings. The van der Waals surface area contributed by atoms with Gasteiger partial charge < -0.3 is 14.8 Å². The molecule has 1 unspecified atom stereocenters. The molecule has 0 bridgehead atoms. The zero-order valence-corrected chi connectivity index (χ0v) is 19.1. The van der Waals surface area contributed by atoms with Gasteiger partial charge in [-0.05, 0) is 56.3 Å². The number of thioether (sulfide) groups is 1. The molecular formula is C21H22N4O4S2. The second-order valence-corrected chi connectivity index (χ2v) is 9.02. The van der Waals surface area contributed by atoms with E-state index < -0.39 is 0 Å². The van der Waals surface area contributed by atoms with Gasteiger partial charge >= 0.3 is 0 Å². The molecule has 0 saturated heterocycles. The third kappa shape index (κ3) is 5.96. The van der Waals surface area contributed by atoms with Gasteiger partial charge in [0.1, 0.15) is 5.01 Å². The Labute approximate surface area is 188 Å². The number of rotatable bonds is 8. The Kier molecular flexibility index (Phi) is 7.48. The summed E-state index contributed by atoms with van der Waals surface area (Å²) in [5.74, 6) is 0.631. The van der Waals surface area contributed by atoms with Gasteiger partial charge in [0.25, 0.3) is 5.91 Å². The highest BCUT2D eigenvalue weighted by Gasteiger charge is 2.16. The molecule has 3 rings (SSSR count). The lowest BCUT2D eigenvalue weighted by Gasteiger charge is -2.12. The van der Waals surface area contributed by atoms with Crippen molar-refractivity contribution in [1.29, 1.82) is 0 Å². The number of nitrogens with zero attached hydrogens (tertiary/aromatic N) is 2. The highest BCUT2D eigenvalue weighted by Crippen LogP contribution is 2.29. The molecule has 8 nitrogen and oxygen atoms in total. The van der Waals surface area contributed by atoms with Crippen molar-refractivity contribution in [2.24, 2.45) is 0 Å². The first-order chi connectivity index (χ1) is 14.9. The van der Waals surface area contributed by atoms with E-state index in [4.69, 9.17) is 9.47 Å². The van der Waals surface area contributed by atoms with Crippen molar-refractivity contribution in [2.75, 3.05) is 24.9 Å². The number of hydrogen-bond donors (Lipinski definition) is 2. The minimum absolute atomic E-state index is 0.146. The van der Waals surface area contributed by atoms with Crippen molar-refractivity contribution < 1.29 is 19.1 Å². The summed E-state index contributed by atoms with van der Waals surface area (Å²) >= 11 is 2.74. The van der Waals surface area contributed by atoms with Gasteiger partial charge in [0.05, 0.1) is 19.5 Å².